The van der Waals surface area contributed by atoms with E-state index in [-0.39, 0.29) is 9.71 Å². The maximum Gasteiger partial charge on any atom is 0.433 e. The number of hydrogen-bond donors (Lipinski definition) is 1. The first-order chi connectivity index (χ1) is 15.4. The zero-order valence-corrected chi connectivity index (χ0v) is 17.9. The highest BCUT2D eigenvalue weighted by molar-refractivity contribution is 7.20. The molecule has 5 nitrogen and oxygen atoms in total. The number of anilines is 2. The third-order valence-electron chi connectivity index (χ3n) is 5.23. The van der Waals surface area contributed by atoms with Crippen LogP contribution in [0.15, 0.2) is 30.3 Å². The molecule has 2 aromatic heterocycles. The van der Waals surface area contributed by atoms with E-state index in [0.717, 1.165) is 12.1 Å². The minimum Gasteiger partial charge on any atom is -0.378 e. The minimum atomic E-state index is -4.73. The summed E-state index contributed by atoms with van der Waals surface area (Å²) in [7, 11) is 0. The smallest absolute Gasteiger partial charge is 0.378 e. The Morgan fingerprint density at radius 1 is 1.06 bits per heavy atom. The molecule has 12 heteroatoms. The summed E-state index contributed by atoms with van der Waals surface area (Å²) < 4.78 is 85.3. The van der Waals surface area contributed by atoms with Crippen LogP contribution in [0.4, 0.5) is 37.7 Å². The molecule has 1 saturated heterocycles. The third kappa shape index (κ3) is 4.76. The fourth-order valence-electron chi connectivity index (χ4n) is 3.55. The number of ether oxygens (including phenoxy) is 1. The van der Waals surface area contributed by atoms with Gasteiger partial charge in [0.05, 0.1) is 29.3 Å². The number of pyridine rings is 1. The van der Waals surface area contributed by atoms with E-state index in [0.29, 0.717) is 54.3 Å². The quantitative estimate of drug-likeness (QED) is 0.478. The number of halogens is 6. The van der Waals surface area contributed by atoms with Gasteiger partial charge in [-0.2, -0.15) is 26.3 Å². The van der Waals surface area contributed by atoms with Crippen LogP contribution in [-0.4, -0.2) is 37.2 Å². The number of carbonyl (C=O) groups is 1. The van der Waals surface area contributed by atoms with Gasteiger partial charge in [-0.1, -0.05) is 0 Å². The normalized spacial score (nSPS) is 15.2. The van der Waals surface area contributed by atoms with E-state index in [1.54, 1.807) is 4.90 Å². The fourth-order valence-corrected chi connectivity index (χ4v) is 4.62. The van der Waals surface area contributed by atoms with Crippen molar-refractivity contribution in [3.63, 3.8) is 0 Å². The van der Waals surface area contributed by atoms with Crippen LogP contribution in [0.1, 0.15) is 26.5 Å². The van der Waals surface area contributed by atoms with Gasteiger partial charge in [-0.05, 0) is 42.8 Å². The van der Waals surface area contributed by atoms with Crippen LogP contribution in [0.2, 0.25) is 0 Å². The summed E-state index contributed by atoms with van der Waals surface area (Å²) >= 11 is 0.694. The summed E-state index contributed by atoms with van der Waals surface area (Å²) in [4.78, 5) is 18.1. The zero-order valence-electron chi connectivity index (χ0n) is 17.1. The lowest BCUT2D eigenvalue weighted by Crippen LogP contribution is -2.36. The van der Waals surface area contributed by atoms with Crippen molar-refractivity contribution >= 4 is 38.8 Å². The van der Waals surface area contributed by atoms with Gasteiger partial charge >= 0.3 is 12.4 Å². The molecule has 1 N–H and O–H groups in total. The summed E-state index contributed by atoms with van der Waals surface area (Å²) in [5, 5.41) is 2.60. The summed E-state index contributed by atoms with van der Waals surface area (Å²) in [6.45, 7) is 3.19. The summed E-state index contributed by atoms with van der Waals surface area (Å²) in [6, 6.07) is 5.62. The van der Waals surface area contributed by atoms with Crippen LogP contribution in [0.25, 0.3) is 10.2 Å². The number of amides is 1. The highest BCUT2D eigenvalue weighted by atomic mass is 32.1. The number of nitrogens with zero attached hydrogens (tertiary/aromatic N) is 2. The Balaban J connectivity index is 1.66. The van der Waals surface area contributed by atoms with Crippen molar-refractivity contribution in [1.82, 2.24) is 4.98 Å². The second-order valence-electron chi connectivity index (χ2n) is 7.38. The largest absolute Gasteiger partial charge is 0.433 e. The first-order valence-electron chi connectivity index (χ1n) is 9.78. The van der Waals surface area contributed by atoms with E-state index in [9.17, 15) is 31.1 Å². The van der Waals surface area contributed by atoms with Gasteiger partial charge in [0, 0.05) is 24.2 Å². The number of benzene rings is 1. The maximum absolute atomic E-state index is 13.7. The van der Waals surface area contributed by atoms with Gasteiger partial charge < -0.3 is 15.0 Å². The molecule has 0 radical (unpaired) electrons. The number of thiophene rings is 1. The number of hydrogen-bond acceptors (Lipinski definition) is 5. The molecule has 0 unspecified atom stereocenters. The molecule has 0 bridgehead atoms. The molecular weight excluding hydrogens is 472 g/mol. The number of aromatic nitrogens is 1. The van der Waals surface area contributed by atoms with E-state index in [1.165, 1.54) is 25.1 Å². The second-order valence-corrected chi connectivity index (χ2v) is 8.38. The molecule has 33 heavy (non-hydrogen) atoms. The predicted molar refractivity (Wildman–Crippen MR) is 112 cm³/mol. The Bertz CT molecular complexity index is 1200. The molecule has 0 spiro atoms. The lowest BCUT2D eigenvalue weighted by Gasteiger charge is -2.29. The standard InChI is InChI=1S/C21H17F6N3O2S/c1-11-13-3-5-16(21(25,26)27)29-19(13)33-17(11)18(31)28-15-4-2-12(10-14(15)20(22,23)24)30-6-8-32-9-7-30/h2-5,10H,6-9H2,1H3,(H,28,31). The molecule has 0 saturated carbocycles. The Hall–Kier alpha value is -2.86. The van der Waals surface area contributed by atoms with Gasteiger partial charge in [0.15, 0.2) is 0 Å². The molecular formula is C21H17F6N3O2S. The van der Waals surface area contributed by atoms with Crippen LogP contribution >= 0.6 is 11.3 Å². The lowest BCUT2D eigenvalue weighted by atomic mass is 10.1. The molecule has 1 amide bonds. The minimum absolute atomic E-state index is 0.0118. The highest BCUT2D eigenvalue weighted by Gasteiger charge is 2.36. The second kappa shape index (κ2) is 8.49. The van der Waals surface area contributed by atoms with Crippen molar-refractivity contribution in [3.05, 3.63) is 52.0 Å². The molecule has 176 valence electrons. The molecule has 1 fully saturated rings. The highest BCUT2D eigenvalue weighted by Crippen LogP contribution is 2.39. The zero-order chi connectivity index (χ0) is 24.0. The average Bonchev–Trinajstić information content (AvgIpc) is 3.09. The van der Waals surface area contributed by atoms with Crippen molar-refractivity contribution in [1.29, 1.82) is 0 Å². The summed E-state index contributed by atoms with van der Waals surface area (Å²) in [6.07, 6.45) is -9.39. The molecule has 1 aliphatic rings. The first kappa shape index (κ1) is 23.3. The van der Waals surface area contributed by atoms with Gasteiger partial charge in [0.25, 0.3) is 5.91 Å². The number of aryl methyl sites for hydroxylation is 1. The molecule has 1 aliphatic heterocycles. The Kier molecular flexibility index (Phi) is 5.99. The average molecular weight is 489 g/mol. The van der Waals surface area contributed by atoms with E-state index in [1.807, 2.05) is 0 Å². The fraction of sp³-hybridized carbons (Fsp3) is 0.333. The van der Waals surface area contributed by atoms with Crippen molar-refractivity contribution < 1.29 is 35.9 Å². The lowest BCUT2D eigenvalue weighted by molar-refractivity contribution is -0.141. The summed E-state index contributed by atoms with van der Waals surface area (Å²) in [5.41, 5.74) is -1.87. The maximum atomic E-state index is 13.7. The Labute approximate surface area is 188 Å². The van der Waals surface area contributed by atoms with E-state index >= 15 is 0 Å². The number of fused-ring (bicyclic) bond motifs is 1. The molecule has 4 rings (SSSR count). The van der Waals surface area contributed by atoms with Gasteiger partial charge in [-0.25, -0.2) is 4.98 Å². The van der Waals surface area contributed by atoms with Crippen LogP contribution in [0.3, 0.4) is 0 Å². The number of morpholine rings is 1. The van der Waals surface area contributed by atoms with Crippen LogP contribution in [0, 0.1) is 6.92 Å². The molecule has 0 aliphatic carbocycles. The molecule has 3 heterocycles. The van der Waals surface area contributed by atoms with Gasteiger partial charge in [0.2, 0.25) is 0 Å². The van der Waals surface area contributed by atoms with Crippen LogP contribution < -0.4 is 10.2 Å². The number of rotatable bonds is 3. The van der Waals surface area contributed by atoms with Crippen molar-refractivity contribution in [3.8, 4) is 0 Å². The Morgan fingerprint density at radius 2 is 1.76 bits per heavy atom. The van der Waals surface area contributed by atoms with E-state index in [2.05, 4.69) is 10.3 Å². The predicted octanol–water partition coefficient (Wildman–Crippen LogP) is 5.73. The number of alkyl halides is 6. The van der Waals surface area contributed by atoms with Crippen LogP contribution in [-0.2, 0) is 17.1 Å². The molecule has 1 aromatic carbocycles. The molecule has 3 aromatic rings. The first-order valence-corrected chi connectivity index (χ1v) is 10.6. The van der Waals surface area contributed by atoms with Gasteiger partial charge in [-0.3, -0.25) is 4.79 Å². The topological polar surface area (TPSA) is 54.5 Å². The summed E-state index contributed by atoms with van der Waals surface area (Å²) in [5.74, 6) is -0.853. The number of nitrogens with one attached hydrogen (secondary N) is 1. The van der Waals surface area contributed by atoms with E-state index < -0.39 is 35.2 Å². The monoisotopic (exact) mass is 489 g/mol. The van der Waals surface area contributed by atoms with Gasteiger partial charge in [-0.15, -0.1) is 11.3 Å². The third-order valence-corrected chi connectivity index (χ3v) is 6.43. The van der Waals surface area contributed by atoms with Crippen LogP contribution in [0.5, 0.6) is 0 Å². The molecule has 0 atom stereocenters. The van der Waals surface area contributed by atoms with E-state index in [4.69, 9.17) is 4.74 Å². The van der Waals surface area contributed by atoms with Crippen molar-refractivity contribution in [2.45, 2.75) is 19.3 Å². The number of carbonyl (C=O) groups excluding carboxylic acids is 1. The van der Waals surface area contributed by atoms with Crippen molar-refractivity contribution in [2.24, 2.45) is 0 Å². The Morgan fingerprint density at radius 3 is 2.39 bits per heavy atom. The van der Waals surface area contributed by atoms with Gasteiger partial charge in [0.1, 0.15) is 10.5 Å². The van der Waals surface area contributed by atoms with Crippen molar-refractivity contribution in [2.75, 3.05) is 36.5 Å². The SMILES string of the molecule is Cc1c(C(=O)Nc2ccc(N3CCOCC3)cc2C(F)(F)F)sc2nc(C(F)(F)F)ccc12.